The van der Waals surface area contributed by atoms with Crippen molar-refractivity contribution in [2.24, 2.45) is 5.10 Å². The normalized spacial score (nSPS) is 27.2. The fraction of sp³-hybridized carbons (Fsp3) is 0.615. The lowest BCUT2D eigenvalue weighted by Gasteiger charge is -2.37. The molecule has 1 fully saturated rings. The van der Waals surface area contributed by atoms with E-state index in [0.29, 0.717) is 12.1 Å². The van der Waals surface area contributed by atoms with Crippen molar-refractivity contribution in [3.05, 3.63) is 24.2 Å². The van der Waals surface area contributed by atoms with Gasteiger partial charge in [-0.1, -0.05) is 0 Å². The lowest BCUT2D eigenvalue weighted by molar-refractivity contribution is 0.108. The first-order valence-electron chi connectivity index (χ1n) is 6.06. The van der Waals surface area contributed by atoms with Crippen molar-refractivity contribution >= 4 is 5.71 Å². The zero-order valence-electron chi connectivity index (χ0n) is 10.3. The summed E-state index contributed by atoms with van der Waals surface area (Å²) < 4.78 is 5.35. The predicted molar refractivity (Wildman–Crippen MR) is 65.5 cm³/mol. The predicted octanol–water partition coefficient (Wildman–Crippen LogP) is 3.27. The Balaban J connectivity index is 2.15. The first kappa shape index (κ1) is 11.2. The third-order valence-corrected chi connectivity index (χ3v) is 3.29. The van der Waals surface area contributed by atoms with E-state index in [1.54, 1.807) is 6.26 Å². The highest BCUT2D eigenvalue weighted by Gasteiger charge is 2.23. The van der Waals surface area contributed by atoms with Gasteiger partial charge in [0, 0.05) is 12.1 Å². The van der Waals surface area contributed by atoms with Crippen molar-refractivity contribution in [1.82, 2.24) is 5.01 Å². The van der Waals surface area contributed by atoms with Crippen molar-refractivity contribution in [3.63, 3.8) is 0 Å². The molecule has 0 aliphatic carbocycles. The van der Waals surface area contributed by atoms with Crippen LogP contribution in [-0.4, -0.2) is 22.8 Å². The molecule has 0 spiro atoms. The maximum Gasteiger partial charge on any atom is 0.149 e. The summed E-state index contributed by atoms with van der Waals surface area (Å²) in [4.78, 5) is 0. The highest BCUT2D eigenvalue weighted by molar-refractivity contribution is 5.95. The molecule has 2 rings (SSSR count). The summed E-state index contributed by atoms with van der Waals surface area (Å²) in [5, 5.41) is 6.92. The summed E-state index contributed by atoms with van der Waals surface area (Å²) in [6.45, 7) is 6.50. The summed E-state index contributed by atoms with van der Waals surface area (Å²) in [7, 11) is 0. The Bertz CT molecular complexity index is 346. The molecule has 1 aromatic heterocycles. The molecule has 2 unspecified atom stereocenters. The van der Waals surface area contributed by atoms with Gasteiger partial charge < -0.3 is 4.42 Å². The lowest BCUT2D eigenvalue weighted by Crippen LogP contribution is -2.40. The van der Waals surface area contributed by atoms with Gasteiger partial charge in [0.25, 0.3) is 0 Å². The van der Waals surface area contributed by atoms with Crippen LogP contribution in [0.5, 0.6) is 0 Å². The van der Waals surface area contributed by atoms with Crippen LogP contribution in [0.1, 0.15) is 45.8 Å². The second-order valence-corrected chi connectivity index (χ2v) is 4.67. The number of hydrogen-bond acceptors (Lipinski definition) is 3. The minimum absolute atomic E-state index is 0.536. The molecule has 16 heavy (non-hydrogen) atoms. The molecule has 0 N–H and O–H groups in total. The highest BCUT2D eigenvalue weighted by atomic mass is 16.3. The monoisotopic (exact) mass is 220 g/mol. The van der Waals surface area contributed by atoms with Crippen molar-refractivity contribution < 1.29 is 4.42 Å². The Labute approximate surface area is 97.1 Å². The van der Waals surface area contributed by atoms with Crippen LogP contribution in [0.2, 0.25) is 0 Å². The molecule has 0 saturated carbocycles. The highest BCUT2D eigenvalue weighted by Crippen LogP contribution is 2.23. The summed E-state index contributed by atoms with van der Waals surface area (Å²) in [5.74, 6) is 0.866. The SMILES string of the molecule is CC(=NN1C(C)CCCC1C)c1ccco1. The molecule has 2 atom stereocenters. The first-order chi connectivity index (χ1) is 7.68. The van der Waals surface area contributed by atoms with E-state index in [2.05, 4.69) is 18.9 Å². The van der Waals surface area contributed by atoms with E-state index in [9.17, 15) is 0 Å². The second-order valence-electron chi connectivity index (χ2n) is 4.67. The van der Waals surface area contributed by atoms with Gasteiger partial charge in [0.2, 0.25) is 0 Å². The Morgan fingerprint density at radius 3 is 2.62 bits per heavy atom. The molecule has 1 aliphatic heterocycles. The van der Waals surface area contributed by atoms with Crippen LogP contribution in [0.25, 0.3) is 0 Å². The van der Waals surface area contributed by atoms with E-state index in [0.717, 1.165) is 11.5 Å². The van der Waals surface area contributed by atoms with Gasteiger partial charge in [0.05, 0.1) is 12.0 Å². The van der Waals surface area contributed by atoms with Crippen LogP contribution >= 0.6 is 0 Å². The van der Waals surface area contributed by atoms with E-state index >= 15 is 0 Å². The molecule has 0 amide bonds. The van der Waals surface area contributed by atoms with Gasteiger partial charge in [-0.2, -0.15) is 5.10 Å². The third kappa shape index (κ3) is 2.29. The maximum absolute atomic E-state index is 5.35. The van der Waals surface area contributed by atoms with Gasteiger partial charge in [-0.25, -0.2) is 0 Å². The standard InChI is InChI=1S/C13H20N2O/c1-10-6-4-7-11(2)15(10)14-12(3)13-8-5-9-16-13/h5,8-11H,4,6-7H2,1-3H3. The van der Waals surface area contributed by atoms with E-state index in [1.165, 1.54) is 19.3 Å². The molecule has 0 radical (unpaired) electrons. The number of hydrazone groups is 1. The molecular weight excluding hydrogens is 200 g/mol. The molecule has 1 saturated heterocycles. The van der Waals surface area contributed by atoms with Crippen LogP contribution in [0.4, 0.5) is 0 Å². The Morgan fingerprint density at radius 2 is 2.06 bits per heavy atom. The fourth-order valence-electron chi connectivity index (χ4n) is 2.31. The van der Waals surface area contributed by atoms with Gasteiger partial charge in [0.1, 0.15) is 5.76 Å². The zero-order chi connectivity index (χ0) is 11.5. The average Bonchev–Trinajstić information content (AvgIpc) is 2.76. The van der Waals surface area contributed by atoms with E-state index in [-0.39, 0.29) is 0 Å². The summed E-state index contributed by atoms with van der Waals surface area (Å²) in [5.41, 5.74) is 0.964. The van der Waals surface area contributed by atoms with Gasteiger partial charge in [-0.15, -0.1) is 0 Å². The largest absolute Gasteiger partial charge is 0.463 e. The van der Waals surface area contributed by atoms with Crippen LogP contribution in [0.15, 0.2) is 27.9 Å². The van der Waals surface area contributed by atoms with Crippen LogP contribution < -0.4 is 0 Å². The number of nitrogens with zero attached hydrogens (tertiary/aromatic N) is 2. The van der Waals surface area contributed by atoms with Crippen molar-refractivity contribution in [3.8, 4) is 0 Å². The van der Waals surface area contributed by atoms with Crippen LogP contribution in [0.3, 0.4) is 0 Å². The van der Waals surface area contributed by atoms with Gasteiger partial charge >= 0.3 is 0 Å². The number of hydrogen-bond donors (Lipinski definition) is 0. The van der Waals surface area contributed by atoms with Gasteiger partial charge in [0.15, 0.2) is 0 Å². The maximum atomic E-state index is 5.35. The molecule has 1 aliphatic rings. The molecule has 2 heterocycles. The minimum atomic E-state index is 0.536. The van der Waals surface area contributed by atoms with Gasteiger partial charge in [-0.3, -0.25) is 5.01 Å². The molecular formula is C13H20N2O. The molecule has 1 aromatic rings. The Kier molecular flexibility index (Phi) is 3.32. The number of rotatable bonds is 2. The van der Waals surface area contributed by atoms with Crippen LogP contribution in [-0.2, 0) is 0 Å². The molecule has 0 bridgehead atoms. The van der Waals surface area contributed by atoms with Crippen molar-refractivity contribution in [2.75, 3.05) is 0 Å². The zero-order valence-corrected chi connectivity index (χ0v) is 10.3. The Hall–Kier alpha value is -1.25. The third-order valence-electron chi connectivity index (χ3n) is 3.29. The quantitative estimate of drug-likeness (QED) is 0.716. The van der Waals surface area contributed by atoms with Gasteiger partial charge in [-0.05, 0) is 52.2 Å². The summed E-state index contributed by atoms with van der Waals surface area (Å²) >= 11 is 0. The average molecular weight is 220 g/mol. The van der Waals surface area contributed by atoms with E-state index < -0.39 is 0 Å². The smallest absolute Gasteiger partial charge is 0.149 e. The van der Waals surface area contributed by atoms with E-state index in [1.807, 2.05) is 19.1 Å². The second kappa shape index (κ2) is 4.73. The molecule has 88 valence electrons. The number of piperidine rings is 1. The lowest BCUT2D eigenvalue weighted by atomic mass is 10.00. The number of furan rings is 1. The minimum Gasteiger partial charge on any atom is -0.463 e. The Morgan fingerprint density at radius 1 is 1.38 bits per heavy atom. The van der Waals surface area contributed by atoms with Crippen molar-refractivity contribution in [1.29, 1.82) is 0 Å². The molecule has 3 heteroatoms. The first-order valence-corrected chi connectivity index (χ1v) is 6.06. The summed E-state index contributed by atoms with van der Waals surface area (Å²) in [6, 6.07) is 4.93. The van der Waals surface area contributed by atoms with Crippen molar-refractivity contribution in [2.45, 2.75) is 52.1 Å². The fourth-order valence-corrected chi connectivity index (χ4v) is 2.31. The van der Waals surface area contributed by atoms with E-state index in [4.69, 9.17) is 9.52 Å². The van der Waals surface area contributed by atoms with Crippen LogP contribution in [0, 0.1) is 0 Å². The topological polar surface area (TPSA) is 28.7 Å². The molecule has 3 nitrogen and oxygen atoms in total. The summed E-state index contributed by atoms with van der Waals surface area (Å²) in [6.07, 6.45) is 5.48. The molecule has 0 aromatic carbocycles.